The summed E-state index contributed by atoms with van der Waals surface area (Å²) in [5.41, 5.74) is 0. The first-order chi connectivity index (χ1) is 5.20. The normalized spacial score (nSPS) is 12.5. The van der Waals surface area contributed by atoms with Gasteiger partial charge in [-0.25, -0.2) is 0 Å². The van der Waals surface area contributed by atoms with Crippen LogP contribution in [0.5, 0.6) is 0 Å². The average molecular weight is 155 g/mol. The molecule has 0 aromatic rings. The van der Waals surface area contributed by atoms with Crippen molar-refractivity contribution in [3.8, 4) is 11.8 Å². The van der Waals surface area contributed by atoms with E-state index < -0.39 is 6.10 Å². The first kappa shape index (κ1) is 10.5. The van der Waals surface area contributed by atoms with Crippen LogP contribution in [0.15, 0.2) is 0 Å². The number of nitrogens with zero attached hydrogens (tertiary/aromatic N) is 1. The quantitative estimate of drug-likeness (QED) is 0.607. The van der Waals surface area contributed by atoms with Gasteiger partial charge in [-0.1, -0.05) is 25.7 Å². The summed E-state index contributed by atoms with van der Waals surface area (Å²) in [5, 5.41) is 8.82. The molecule has 0 aromatic carbocycles. The van der Waals surface area contributed by atoms with E-state index in [2.05, 4.69) is 30.6 Å². The van der Waals surface area contributed by atoms with E-state index in [-0.39, 0.29) is 0 Å². The number of hydrogen-bond acceptors (Lipinski definition) is 2. The predicted molar refractivity (Wildman–Crippen MR) is 47.2 cm³/mol. The van der Waals surface area contributed by atoms with Crippen LogP contribution in [0, 0.1) is 11.8 Å². The Morgan fingerprint density at radius 2 is 1.91 bits per heavy atom. The molecule has 0 fully saturated rings. The monoisotopic (exact) mass is 155 g/mol. The third-order valence-electron chi connectivity index (χ3n) is 1.51. The molecule has 0 amide bonds. The first-order valence-electron chi connectivity index (χ1n) is 4.09. The Kier molecular flexibility index (Phi) is 5.91. The number of aliphatic hydroxyl groups excluding tert-OH is 1. The molecule has 0 bridgehead atoms. The fourth-order valence-corrected chi connectivity index (χ4v) is 0.752. The van der Waals surface area contributed by atoms with Crippen molar-refractivity contribution in [2.75, 3.05) is 19.6 Å². The SMILES string of the molecule is CCN(CC)CC#C[C@H](C)O. The van der Waals surface area contributed by atoms with E-state index in [1.54, 1.807) is 6.92 Å². The third-order valence-corrected chi connectivity index (χ3v) is 1.51. The highest BCUT2D eigenvalue weighted by Crippen LogP contribution is 1.83. The Labute approximate surface area is 69.2 Å². The van der Waals surface area contributed by atoms with Gasteiger partial charge in [0.25, 0.3) is 0 Å². The molecule has 1 N–H and O–H groups in total. The van der Waals surface area contributed by atoms with Gasteiger partial charge in [-0.3, -0.25) is 4.90 Å². The molecule has 0 radical (unpaired) electrons. The highest BCUT2D eigenvalue weighted by molar-refractivity contribution is 5.04. The van der Waals surface area contributed by atoms with Crippen LogP contribution in [-0.4, -0.2) is 35.7 Å². The summed E-state index contributed by atoms with van der Waals surface area (Å²) in [4.78, 5) is 2.20. The van der Waals surface area contributed by atoms with Crippen LogP contribution < -0.4 is 0 Å². The molecule has 64 valence electrons. The van der Waals surface area contributed by atoms with E-state index in [9.17, 15) is 0 Å². The summed E-state index contributed by atoms with van der Waals surface area (Å²) in [6.07, 6.45) is -0.495. The van der Waals surface area contributed by atoms with E-state index in [4.69, 9.17) is 5.11 Å². The molecule has 0 aliphatic heterocycles. The molecule has 0 aliphatic rings. The van der Waals surface area contributed by atoms with E-state index in [0.29, 0.717) is 0 Å². The van der Waals surface area contributed by atoms with Crippen LogP contribution in [0.4, 0.5) is 0 Å². The lowest BCUT2D eigenvalue weighted by Gasteiger charge is -2.13. The van der Waals surface area contributed by atoms with Gasteiger partial charge in [0.15, 0.2) is 0 Å². The van der Waals surface area contributed by atoms with Crippen molar-refractivity contribution < 1.29 is 5.11 Å². The minimum absolute atomic E-state index is 0.495. The Balaban J connectivity index is 3.60. The molecule has 1 atom stereocenters. The summed E-state index contributed by atoms with van der Waals surface area (Å²) in [7, 11) is 0. The summed E-state index contributed by atoms with van der Waals surface area (Å²) >= 11 is 0. The first-order valence-corrected chi connectivity index (χ1v) is 4.09. The van der Waals surface area contributed by atoms with Gasteiger partial charge in [-0.2, -0.15) is 0 Å². The van der Waals surface area contributed by atoms with Crippen molar-refractivity contribution in [1.29, 1.82) is 0 Å². The smallest absolute Gasteiger partial charge is 0.112 e. The zero-order valence-corrected chi connectivity index (χ0v) is 7.59. The van der Waals surface area contributed by atoms with Gasteiger partial charge < -0.3 is 5.11 Å². The molecule has 0 spiro atoms. The Bertz CT molecular complexity index is 139. The second-order valence-corrected chi connectivity index (χ2v) is 2.46. The average Bonchev–Trinajstić information content (AvgIpc) is 1.98. The van der Waals surface area contributed by atoms with Gasteiger partial charge in [0, 0.05) is 0 Å². The van der Waals surface area contributed by atoms with Crippen molar-refractivity contribution >= 4 is 0 Å². The van der Waals surface area contributed by atoms with Crippen LogP contribution >= 0.6 is 0 Å². The summed E-state index contributed by atoms with van der Waals surface area (Å²) in [6.45, 7) is 8.68. The lowest BCUT2D eigenvalue weighted by molar-refractivity contribution is 0.253. The van der Waals surface area contributed by atoms with E-state index in [1.165, 1.54) is 0 Å². The van der Waals surface area contributed by atoms with Crippen molar-refractivity contribution in [2.45, 2.75) is 26.9 Å². The van der Waals surface area contributed by atoms with Gasteiger partial charge in [0.1, 0.15) is 6.10 Å². The second kappa shape index (κ2) is 6.21. The maximum Gasteiger partial charge on any atom is 0.112 e. The Morgan fingerprint density at radius 1 is 1.36 bits per heavy atom. The molecule has 0 rings (SSSR count). The maximum absolute atomic E-state index is 8.82. The highest BCUT2D eigenvalue weighted by Gasteiger charge is 1.93. The molecule has 0 saturated heterocycles. The summed E-state index contributed by atoms with van der Waals surface area (Å²) < 4.78 is 0. The fourth-order valence-electron chi connectivity index (χ4n) is 0.752. The summed E-state index contributed by atoms with van der Waals surface area (Å²) in [6, 6.07) is 0. The minimum atomic E-state index is -0.495. The lowest BCUT2D eigenvalue weighted by atomic mass is 10.4. The van der Waals surface area contributed by atoms with Crippen LogP contribution in [0.25, 0.3) is 0 Å². The molecule has 0 saturated carbocycles. The second-order valence-electron chi connectivity index (χ2n) is 2.46. The molecular weight excluding hydrogens is 138 g/mol. The van der Waals surface area contributed by atoms with Crippen LogP contribution in [-0.2, 0) is 0 Å². The topological polar surface area (TPSA) is 23.5 Å². The number of aliphatic hydroxyl groups is 1. The van der Waals surface area contributed by atoms with Crippen molar-refractivity contribution in [2.24, 2.45) is 0 Å². The largest absolute Gasteiger partial charge is 0.381 e. The van der Waals surface area contributed by atoms with Crippen molar-refractivity contribution in [1.82, 2.24) is 4.90 Å². The Hall–Kier alpha value is -0.520. The standard InChI is InChI=1S/C9H17NO/c1-4-10(5-2)8-6-7-9(3)11/h9,11H,4-5,8H2,1-3H3/t9-/m0/s1. The Morgan fingerprint density at radius 3 is 2.27 bits per heavy atom. The molecule has 2 nitrogen and oxygen atoms in total. The lowest BCUT2D eigenvalue weighted by Crippen LogP contribution is -2.23. The van der Waals surface area contributed by atoms with Crippen LogP contribution in [0.3, 0.4) is 0 Å². The fraction of sp³-hybridized carbons (Fsp3) is 0.778. The van der Waals surface area contributed by atoms with E-state index >= 15 is 0 Å². The molecule has 0 heterocycles. The highest BCUT2D eigenvalue weighted by atomic mass is 16.3. The van der Waals surface area contributed by atoms with Crippen molar-refractivity contribution in [3.63, 3.8) is 0 Å². The van der Waals surface area contributed by atoms with Gasteiger partial charge >= 0.3 is 0 Å². The predicted octanol–water partition coefficient (Wildman–Crippen LogP) is 0.712. The summed E-state index contributed by atoms with van der Waals surface area (Å²) in [5.74, 6) is 5.62. The molecule has 11 heavy (non-hydrogen) atoms. The molecule has 0 aliphatic carbocycles. The minimum Gasteiger partial charge on any atom is -0.381 e. The number of hydrogen-bond donors (Lipinski definition) is 1. The van der Waals surface area contributed by atoms with Gasteiger partial charge in [0.2, 0.25) is 0 Å². The molecular formula is C9H17NO. The van der Waals surface area contributed by atoms with Crippen molar-refractivity contribution in [3.05, 3.63) is 0 Å². The molecule has 0 aromatic heterocycles. The molecule has 0 unspecified atom stereocenters. The zero-order valence-electron chi connectivity index (χ0n) is 7.59. The van der Waals surface area contributed by atoms with Crippen LogP contribution in [0.2, 0.25) is 0 Å². The van der Waals surface area contributed by atoms with Crippen LogP contribution in [0.1, 0.15) is 20.8 Å². The zero-order chi connectivity index (χ0) is 8.69. The van der Waals surface area contributed by atoms with Gasteiger partial charge in [-0.05, 0) is 20.0 Å². The van der Waals surface area contributed by atoms with E-state index in [0.717, 1.165) is 19.6 Å². The number of rotatable bonds is 3. The third kappa shape index (κ3) is 5.90. The van der Waals surface area contributed by atoms with E-state index in [1.807, 2.05) is 0 Å². The molecule has 2 heteroatoms. The van der Waals surface area contributed by atoms with Gasteiger partial charge in [-0.15, -0.1) is 0 Å². The maximum atomic E-state index is 8.82. The van der Waals surface area contributed by atoms with Gasteiger partial charge in [0.05, 0.1) is 6.54 Å².